The lowest BCUT2D eigenvalue weighted by molar-refractivity contribution is 0.281. The molecule has 1 aromatic heterocycles. The van der Waals surface area contributed by atoms with Crippen molar-refractivity contribution in [2.75, 3.05) is 19.0 Å². The summed E-state index contributed by atoms with van der Waals surface area (Å²) in [7, 11) is 1.63. The lowest BCUT2D eigenvalue weighted by Crippen LogP contribution is -2.20. The summed E-state index contributed by atoms with van der Waals surface area (Å²) < 4.78 is 5.11. The fourth-order valence-corrected chi connectivity index (χ4v) is 1.63. The molecule has 108 valence electrons. The SMILES string of the molecule is COc1ccc(C#Cc2cncnc2N[C@H](C)CO)cc1. The first-order chi connectivity index (χ1) is 10.2. The number of nitrogens with one attached hydrogen (secondary N) is 1. The van der Waals surface area contributed by atoms with Crippen molar-refractivity contribution in [3.05, 3.63) is 47.9 Å². The molecule has 2 rings (SSSR count). The lowest BCUT2D eigenvalue weighted by Gasteiger charge is -2.11. The average Bonchev–Trinajstić information content (AvgIpc) is 2.54. The molecule has 0 radical (unpaired) electrons. The maximum atomic E-state index is 9.09. The number of methoxy groups -OCH3 is 1. The Labute approximate surface area is 124 Å². The van der Waals surface area contributed by atoms with E-state index in [9.17, 15) is 0 Å². The van der Waals surface area contributed by atoms with E-state index < -0.39 is 0 Å². The van der Waals surface area contributed by atoms with E-state index in [-0.39, 0.29) is 12.6 Å². The molecular formula is C16H17N3O2. The summed E-state index contributed by atoms with van der Waals surface area (Å²) in [6.07, 6.45) is 3.10. The van der Waals surface area contributed by atoms with Crippen LogP contribution in [0, 0.1) is 11.8 Å². The molecule has 0 fully saturated rings. The molecule has 1 atom stereocenters. The second-order valence-electron chi connectivity index (χ2n) is 4.49. The van der Waals surface area contributed by atoms with Crippen LogP contribution in [0.5, 0.6) is 5.75 Å². The summed E-state index contributed by atoms with van der Waals surface area (Å²) in [5.41, 5.74) is 1.56. The summed E-state index contributed by atoms with van der Waals surface area (Å²) in [6, 6.07) is 7.40. The molecule has 0 aliphatic heterocycles. The fraction of sp³-hybridized carbons (Fsp3) is 0.250. The van der Waals surface area contributed by atoms with Gasteiger partial charge in [-0.15, -0.1) is 0 Å². The largest absolute Gasteiger partial charge is 0.497 e. The predicted molar refractivity (Wildman–Crippen MR) is 81.2 cm³/mol. The minimum absolute atomic E-state index is 0.0232. The molecule has 1 heterocycles. The Morgan fingerprint density at radius 1 is 1.29 bits per heavy atom. The van der Waals surface area contributed by atoms with Crippen LogP contribution in [-0.2, 0) is 0 Å². The Balaban J connectivity index is 2.21. The summed E-state index contributed by atoms with van der Waals surface area (Å²) in [5.74, 6) is 7.50. The molecule has 21 heavy (non-hydrogen) atoms. The number of aliphatic hydroxyl groups excluding tert-OH is 1. The predicted octanol–water partition coefficient (Wildman–Crippen LogP) is 1.68. The van der Waals surface area contributed by atoms with Crippen LogP contribution in [0.1, 0.15) is 18.1 Å². The fourth-order valence-electron chi connectivity index (χ4n) is 1.63. The molecule has 0 spiro atoms. The zero-order valence-corrected chi connectivity index (χ0v) is 12.0. The van der Waals surface area contributed by atoms with Crippen LogP contribution in [0.2, 0.25) is 0 Å². The molecule has 0 amide bonds. The number of aromatic nitrogens is 2. The Kier molecular flexibility index (Phi) is 5.13. The van der Waals surface area contributed by atoms with Crippen LogP contribution in [0.4, 0.5) is 5.82 Å². The maximum absolute atomic E-state index is 9.09. The minimum Gasteiger partial charge on any atom is -0.497 e. The van der Waals surface area contributed by atoms with Gasteiger partial charge in [0.1, 0.15) is 17.9 Å². The molecule has 0 saturated heterocycles. The van der Waals surface area contributed by atoms with Gasteiger partial charge in [0.25, 0.3) is 0 Å². The second kappa shape index (κ2) is 7.27. The van der Waals surface area contributed by atoms with Gasteiger partial charge in [-0.3, -0.25) is 0 Å². The van der Waals surface area contributed by atoms with Gasteiger partial charge in [0.15, 0.2) is 0 Å². The van der Waals surface area contributed by atoms with E-state index in [1.807, 2.05) is 31.2 Å². The van der Waals surface area contributed by atoms with E-state index in [4.69, 9.17) is 9.84 Å². The second-order valence-corrected chi connectivity index (χ2v) is 4.49. The quantitative estimate of drug-likeness (QED) is 0.836. The number of anilines is 1. The van der Waals surface area contributed by atoms with Crippen molar-refractivity contribution in [1.82, 2.24) is 9.97 Å². The summed E-state index contributed by atoms with van der Waals surface area (Å²) in [6.45, 7) is 1.89. The molecule has 5 heteroatoms. The smallest absolute Gasteiger partial charge is 0.145 e. The van der Waals surface area contributed by atoms with Gasteiger partial charge < -0.3 is 15.2 Å². The molecular weight excluding hydrogens is 266 g/mol. The van der Waals surface area contributed by atoms with E-state index >= 15 is 0 Å². The number of hydrogen-bond acceptors (Lipinski definition) is 5. The summed E-state index contributed by atoms with van der Waals surface area (Å²) in [5, 5.41) is 12.2. The molecule has 0 aliphatic carbocycles. The standard InChI is InChI=1S/C16H17N3O2/c1-12(10-20)19-16-14(9-17-11-18-16)6-3-13-4-7-15(21-2)8-5-13/h4-5,7-9,11-12,20H,10H2,1-2H3,(H,17,18,19)/t12-/m1/s1. The highest BCUT2D eigenvalue weighted by Crippen LogP contribution is 2.12. The molecule has 1 aromatic carbocycles. The van der Waals surface area contributed by atoms with Crippen molar-refractivity contribution < 1.29 is 9.84 Å². The number of hydrogen-bond donors (Lipinski definition) is 2. The summed E-state index contributed by atoms with van der Waals surface area (Å²) >= 11 is 0. The number of ether oxygens (including phenoxy) is 1. The van der Waals surface area contributed by atoms with E-state index in [2.05, 4.69) is 27.1 Å². The zero-order chi connectivity index (χ0) is 15.1. The Hall–Kier alpha value is -2.58. The summed E-state index contributed by atoms with van der Waals surface area (Å²) in [4.78, 5) is 8.13. The highest BCUT2D eigenvalue weighted by molar-refractivity contribution is 5.55. The molecule has 0 saturated carbocycles. The van der Waals surface area contributed by atoms with Crippen molar-refractivity contribution in [2.24, 2.45) is 0 Å². The third kappa shape index (κ3) is 4.20. The lowest BCUT2D eigenvalue weighted by atomic mass is 10.2. The van der Waals surface area contributed by atoms with Gasteiger partial charge in [-0.25, -0.2) is 9.97 Å². The van der Waals surface area contributed by atoms with Gasteiger partial charge in [-0.1, -0.05) is 11.8 Å². The van der Waals surface area contributed by atoms with Crippen molar-refractivity contribution in [2.45, 2.75) is 13.0 Å². The molecule has 0 unspecified atom stereocenters. The van der Waals surface area contributed by atoms with Crippen molar-refractivity contribution >= 4 is 5.82 Å². The molecule has 0 aliphatic rings. The van der Waals surface area contributed by atoms with Crippen LogP contribution in [0.3, 0.4) is 0 Å². The van der Waals surface area contributed by atoms with Crippen molar-refractivity contribution in [3.8, 4) is 17.6 Å². The molecule has 2 aromatic rings. The molecule has 2 N–H and O–H groups in total. The van der Waals surface area contributed by atoms with Crippen LogP contribution in [0.25, 0.3) is 0 Å². The van der Waals surface area contributed by atoms with E-state index in [1.165, 1.54) is 6.33 Å². The normalized spacial score (nSPS) is 11.2. The van der Waals surface area contributed by atoms with Gasteiger partial charge in [-0.05, 0) is 31.2 Å². The number of aliphatic hydroxyl groups is 1. The third-order valence-corrected chi connectivity index (χ3v) is 2.80. The van der Waals surface area contributed by atoms with E-state index in [0.717, 1.165) is 11.3 Å². The average molecular weight is 283 g/mol. The van der Waals surface area contributed by atoms with Crippen LogP contribution >= 0.6 is 0 Å². The van der Waals surface area contributed by atoms with E-state index in [1.54, 1.807) is 13.3 Å². The minimum atomic E-state index is -0.0959. The molecule has 0 bridgehead atoms. The first-order valence-electron chi connectivity index (χ1n) is 6.56. The Morgan fingerprint density at radius 2 is 2.05 bits per heavy atom. The van der Waals surface area contributed by atoms with E-state index in [0.29, 0.717) is 11.4 Å². The maximum Gasteiger partial charge on any atom is 0.145 e. The highest BCUT2D eigenvalue weighted by atomic mass is 16.5. The van der Waals surface area contributed by atoms with Crippen LogP contribution < -0.4 is 10.1 Å². The van der Waals surface area contributed by atoms with Gasteiger partial charge in [0.05, 0.1) is 19.3 Å². The molecule has 5 nitrogen and oxygen atoms in total. The van der Waals surface area contributed by atoms with Crippen LogP contribution in [0.15, 0.2) is 36.8 Å². The van der Waals surface area contributed by atoms with Crippen molar-refractivity contribution in [3.63, 3.8) is 0 Å². The Bertz CT molecular complexity index is 645. The number of benzene rings is 1. The Morgan fingerprint density at radius 3 is 2.71 bits per heavy atom. The number of rotatable bonds is 4. The van der Waals surface area contributed by atoms with Crippen LogP contribution in [-0.4, -0.2) is 34.8 Å². The third-order valence-electron chi connectivity index (χ3n) is 2.80. The first-order valence-corrected chi connectivity index (χ1v) is 6.56. The highest BCUT2D eigenvalue weighted by Gasteiger charge is 2.05. The van der Waals surface area contributed by atoms with Gasteiger partial charge in [0, 0.05) is 17.8 Å². The van der Waals surface area contributed by atoms with Gasteiger partial charge >= 0.3 is 0 Å². The monoisotopic (exact) mass is 283 g/mol. The van der Waals surface area contributed by atoms with Crippen molar-refractivity contribution in [1.29, 1.82) is 0 Å². The van der Waals surface area contributed by atoms with Gasteiger partial charge in [0.2, 0.25) is 0 Å². The van der Waals surface area contributed by atoms with Gasteiger partial charge in [-0.2, -0.15) is 0 Å². The zero-order valence-electron chi connectivity index (χ0n) is 12.0. The number of nitrogens with zero attached hydrogens (tertiary/aromatic N) is 2. The first kappa shape index (κ1) is 14.8. The topological polar surface area (TPSA) is 67.3 Å².